The Hall–Kier alpha value is -4.42. The van der Waals surface area contributed by atoms with Gasteiger partial charge in [0.1, 0.15) is 11.6 Å². The Balaban J connectivity index is 1.45. The van der Waals surface area contributed by atoms with Gasteiger partial charge in [0.05, 0.1) is 0 Å². The van der Waals surface area contributed by atoms with Crippen LogP contribution in [0.4, 0.5) is 17.1 Å². The van der Waals surface area contributed by atoms with E-state index in [1.807, 2.05) is 72.8 Å². The van der Waals surface area contributed by atoms with Gasteiger partial charge in [-0.25, -0.2) is 4.98 Å². The highest BCUT2D eigenvalue weighted by Crippen LogP contribution is 2.35. The van der Waals surface area contributed by atoms with E-state index in [1.165, 1.54) is 0 Å². The zero-order valence-electron chi connectivity index (χ0n) is 18.3. The second-order valence-corrected chi connectivity index (χ2v) is 8.02. The lowest BCUT2D eigenvalue weighted by Gasteiger charge is -2.25. The predicted molar refractivity (Wildman–Crippen MR) is 133 cm³/mol. The van der Waals surface area contributed by atoms with E-state index in [4.69, 9.17) is 15.3 Å². The highest BCUT2D eigenvalue weighted by molar-refractivity contribution is 5.80. The summed E-state index contributed by atoms with van der Waals surface area (Å²) in [6.07, 6.45) is 0.233. The Kier molecular flexibility index (Phi) is 5.81. The maximum Gasteiger partial charge on any atom is 0.320 e. The summed E-state index contributed by atoms with van der Waals surface area (Å²) in [5, 5.41) is 9.05. The minimum atomic E-state index is -1.03. The molecule has 34 heavy (non-hydrogen) atoms. The lowest BCUT2D eigenvalue weighted by molar-refractivity contribution is -0.138. The molecule has 0 saturated heterocycles. The third-order valence-corrected chi connectivity index (χ3v) is 5.63. The molecule has 4 aromatic carbocycles. The smallest absolute Gasteiger partial charge is 0.320 e. The first kappa shape index (κ1) is 21.4. The van der Waals surface area contributed by atoms with Gasteiger partial charge in [-0.2, -0.15) is 0 Å². The van der Waals surface area contributed by atoms with E-state index < -0.39 is 12.0 Å². The first-order valence-corrected chi connectivity index (χ1v) is 11.0. The highest BCUT2D eigenvalue weighted by atomic mass is 16.4. The van der Waals surface area contributed by atoms with Gasteiger partial charge in [-0.1, -0.05) is 42.5 Å². The average Bonchev–Trinajstić information content (AvgIpc) is 3.29. The molecule has 1 aromatic heterocycles. The van der Waals surface area contributed by atoms with E-state index in [0.717, 1.165) is 28.2 Å². The number of benzene rings is 4. The first-order chi connectivity index (χ1) is 16.6. The van der Waals surface area contributed by atoms with Crippen molar-refractivity contribution >= 4 is 34.1 Å². The monoisotopic (exact) mass is 449 g/mol. The summed E-state index contributed by atoms with van der Waals surface area (Å²) < 4.78 is 5.96. The number of nitrogens with zero attached hydrogens (tertiary/aromatic N) is 2. The SMILES string of the molecule is N[C@@H](Cc1ccc2oc(-c3ccc(N(c4ccccc4)c4ccccc4)cc3)nc2c1)C(=O)O. The summed E-state index contributed by atoms with van der Waals surface area (Å²) in [7, 11) is 0. The van der Waals surface area contributed by atoms with Crippen molar-refractivity contribution in [1.82, 2.24) is 4.98 Å². The molecule has 6 heteroatoms. The third kappa shape index (κ3) is 4.40. The molecule has 5 rings (SSSR count). The molecule has 0 aliphatic rings. The maximum atomic E-state index is 11.1. The molecule has 0 saturated carbocycles. The number of carbonyl (C=O) groups is 1. The zero-order chi connectivity index (χ0) is 23.5. The van der Waals surface area contributed by atoms with E-state index in [-0.39, 0.29) is 6.42 Å². The largest absolute Gasteiger partial charge is 0.480 e. The number of nitrogens with two attached hydrogens (primary N) is 1. The molecule has 1 heterocycles. The average molecular weight is 450 g/mol. The predicted octanol–water partition coefficient (Wildman–Crippen LogP) is 5.92. The topological polar surface area (TPSA) is 92.6 Å². The summed E-state index contributed by atoms with van der Waals surface area (Å²) in [5.41, 5.74) is 11.8. The van der Waals surface area contributed by atoms with Gasteiger partial charge in [0.25, 0.3) is 0 Å². The van der Waals surface area contributed by atoms with Gasteiger partial charge in [0.15, 0.2) is 5.58 Å². The van der Waals surface area contributed by atoms with Crippen LogP contribution in [0.2, 0.25) is 0 Å². The van der Waals surface area contributed by atoms with E-state index in [9.17, 15) is 4.79 Å². The van der Waals surface area contributed by atoms with Gasteiger partial charge in [0, 0.05) is 22.6 Å². The summed E-state index contributed by atoms with van der Waals surface area (Å²) in [5.74, 6) is -0.520. The molecule has 0 amide bonds. The van der Waals surface area contributed by atoms with Crippen molar-refractivity contribution in [2.45, 2.75) is 12.5 Å². The Labute approximate surface area is 196 Å². The van der Waals surface area contributed by atoms with E-state index >= 15 is 0 Å². The third-order valence-electron chi connectivity index (χ3n) is 5.63. The minimum Gasteiger partial charge on any atom is -0.480 e. The number of aliphatic carboxylic acids is 1. The van der Waals surface area contributed by atoms with Crippen LogP contribution in [0, 0.1) is 0 Å². The lowest BCUT2D eigenvalue weighted by atomic mass is 10.1. The summed E-state index contributed by atoms with van der Waals surface area (Å²) in [4.78, 5) is 17.9. The van der Waals surface area contributed by atoms with Crippen molar-refractivity contribution in [2.75, 3.05) is 4.90 Å². The minimum absolute atomic E-state index is 0.233. The molecular weight excluding hydrogens is 426 g/mol. The van der Waals surface area contributed by atoms with Crippen molar-refractivity contribution in [3.63, 3.8) is 0 Å². The van der Waals surface area contributed by atoms with E-state index in [1.54, 1.807) is 6.07 Å². The Morgan fingerprint density at radius 1 is 0.853 bits per heavy atom. The van der Waals surface area contributed by atoms with Crippen molar-refractivity contribution in [3.05, 3.63) is 109 Å². The Bertz CT molecular complexity index is 1370. The number of para-hydroxylation sites is 2. The normalized spacial score (nSPS) is 11.9. The fraction of sp³-hybridized carbons (Fsp3) is 0.0714. The maximum absolute atomic E-state index is 11.1. The van der Waals surface area contributed by atoms with E-state index in [2.05, 4.69) is 34.1 Å². The first-order valence-electron chi connectivity index (χ1n) is 11.0. The fourth-order valence-electron chi connectivity index (χ4n) is 3.92. The second-order valence-electron chi connectivity index (χ2n) is 8.02. The van der Waals surface area contributed by atoms with Crippen molar-refractivity contribution in [3.8, 4) is 11.5 Å². The van der Waals surface area contributed by atoms with E-state index in [0.29, 0.717) is 17.0 Å². The molecule has 0 radical (unpaired) electrons. The number of oxazole rings is 1. The number of hydrogen-bond acceptors (Lipinski definition) is 5. The Morgan fingerprint density at radius 2 is 1.44 bits per heavy atom. The number of rotatable bonds is 7. The Morgan fingerprint density at radius 3 is 2.03 bits per heavy atom. The molecule has 0 aliphatic heterocycles. The zero-order valence-corrected chi connectivity index (χ0v) is 18.3. The van der Waals surface area contributed by atoms with Gasteiger partial charge in [-0.05, 0) is 72.6 Å². The van der Waals surface area contributed by atoms with Crippen LogP contribution < -0.4 is 10.6 Å². The summed E-state index contributed by atoms with van der Waals surface area (Å²) in [6.45, 7) is 0. The highest BCUT2D eigenvalue weighted by Gasteiger charge is 2.15. The van der Waals surface area contributed by atoms with Crippen LogP contribution in [0.15, 0.2) is 108 Å². The number of hydrogen-bond donors (Lipinski definition) is 2. The number of anilines is 3. The molecular formula is C28H23N3O3. The van der Waals surface area contributed by atoms with Gasteiger partial charge < -0.3 is 20.2 Å². The quantitative estimate of drug-likeness (QED) is 0.320. The van der Waals surface area contributed by atoms with Crippen LogP contribution in [0.25, 0.3) is 22.6 Å². The van der Waals surface area contributed by atoms with Crippen LogP contribution in [0.5, 0.6) is 0 Å². The van der Waals surface area contributed by atoms with Crippen molar-refractivity contribution in [2.24, 2.45) is 5.73 Å². The second kappa shape index (κ2) is 9.21. The van der Waals surface area contributed by atoms with Crippen LogP contribution in [0.3, 0.4) is 0 Å². The molecule has 0 spiro atoms. The molecule has 5 aromatic rings. The molecule has 0 fully saturated rings. The van der Waals surface area contributed by atoms with Crippen LogP contribution in [-0.2, 0) is 11.2 Å². The molecule has 0 unspecified atom stereocenters. The molecule has 0 bridgehead atoms. The van der Waals surface area contributed by atoms with Gasteiger partial charge >= 0.3 is 5.97 Å². The molecule has 6 nitrogen and oxygen atoms in total. The molecule has 3 N–H and O–H groups in total. The fourth-order valence-corrected chi connectivity index (χ4v) is 3.92. The van der Waals surface area contributed by atoms with Gasteiger partial charge in [-0.3, -0.25) is 4.79 Å². The lowest BCUT2D eigenvalue weighted by Crippen LogP contribution is -2.32. The van der Waals surface area contributed by atoms with Crippen molar-refractivity contribution < 1.29 is 14.3 Å². The number of fused-ring (bicyclic) bond motifs is 1. The molecule has 1 atom stereocenters. The van der Waals surface area contributed by atoms with Gasteiger partial charge in [-0.15, -0.1) is 0 Å². The van der Waals surface area contributed by atoms with Crippen LogP contribution in [-0.4, -0.2) is 22.1 Å². The standard InChI is InChI=1S/C28H23N3O3/c29-24(28(32)33)17-19-11-16-26-25(18-19)30-27(34-26)20-12-14-23(15-13-20)31(21-7-3-1-4-8-21)22-9-5-2-6-10-22/h1-16,18,24H,17,29H2,(H,32,33)/t24-/m0/s1. The number of carboxylic acids is 1. The number of aromatic nitrogens is 1. The summed E-state index contributed by atoms with van der Waals surface area (Å²) >= 11 is 0. The molecule has 168 valence electrons. The van der Waals surface area contributed by atoms with Gasteiger partial charge in [0.2, 0.25) is 5.89 Å². The van der Waals surface area contributed by atoms with Crippen LogP contribution in [0.1, 0.15) is 5.56 Å². The van der Waals surface area contributed by atoms with Crippen LogP contribution >= 0.6 is 0 Å². The van der Waals surface area contributed by atoms with Crippen molar-refractivity contribution in [1.29, 1.82) is 0 Å². The number of carboxylic acid groups (broad SMARTS) is 1. The summed E-state index contributed by atoms with van der Waals surface area (Å²) in [6, 6.07) is 33.0. The molecule has 0 aliphatic carbocycles.